The fraction of sp³-hybridized carbons (Fsp3) is 0.750. The zero-order valence-electron chi connectivity index (χ0n) is 8.74. The summed E-state index contributed by atoms with van der Waals surface area (Å²) >= 11 is 0. The van der Waals surface area contributed by atoms with Crippen molar-refractivity contribution in [2.24, 2.45) is 5.92 Å². The van der Waals surface area contributed by atoms with E-state index in [1.807, 2.05) is 0 Å². The van der Waals surface area contributed by atoms with Gasteiger partial charge in [0.25, 0.3) is 0 Å². The summed E-state index contributed by atoms with van der Waals surface area (Å²) in [6, 6.07) is 0.543. The van der Waals surface area contributed by atoms with Crippen molar-refractivity contribution in [1.29, 1.82) is 0 Å². The average Bonchev–Trinajstić information content (AvgIpc) is 2.65. The number of nitrogens with zero attached hydrogens (tertiary/aromatic N) is 1. The summed E-state index contributed by atoms with van der Waals surface area (Å²) in [5, 5.41) is 0. The molecule has 1 saturated heterocycles. The number of carbonyl (C=O) groups is 1. The third-order valence-corrected chi connectivity index (χ3v) is 3.63. The van der Waals surface area contributed by atoms with Crippen molar-refractivity contribution in [3.05, 3.63) is 12.7 Å². The highest BCUT2D eigenvalue weighted by Crippen LogP contribution is 2.30. The van der Waals surface area contributed by atoms with Gasteiger partial charge < -0.3 is 4.90 Å². The van der Waals surface area contributed by atoms with E-state index >= 15 is 0 Å². The Morgan fingerprint density at radius 2 is 2.00 bits per heavy atom. The summed E-state index contributed by atoms with van der Waals surface area (Å²) in [5.41, 5.74) is 0. The minimum Gasteiger partial charge on any atom is -0.340 e. The van der Waals surface area contributed by atoms with Crippen LogP contribution in [-0.4, -0.2) is 23.4 Å². The Balaban J connectivity index is 1.88. The van der Waals surface area contributed by atoms with Gasteiger partial charge >= 0.3 is 0 Å². The van der Waals surface area contributed by atoms with Crippen LogP contribution < -0.4 is 0 Å². The second kappa shape index (κ2) is 4.16. The maximum Gasteiger partial charge on any atom is 0.222 e. The second-order valence-electron chi connectivity index (χ2n) is 4.49. The third kappa shape index (κ3) is 1.84. The van der Waals surface area contributed by atoms with Gasteiger partial charge in [-0.25, -0.2) is 0 Å². The molecule has 0 N–H and O–H groups in total. The molecule has 2 rings (SSSR count). The number of hydrogen-bond donors (Lipinski definition) is 0. The summed E-state index contributed by atoms with van der Waals surface area (Å²) < 4.78 is 0. The van der Waals surface area contributed by atoms with Gasteiger partial charge in [-0.2, -0.15) is 0 Å². The summed E-state index contributed by atoms with van der Waals surface area (Å²) in [7, 11) is 0. The number of rotatable bonds is 2. The Kier molecular flexibility index (Phi) is 2.90. The van der Waals surface area contributed by atoms with E-state index in [0.29, 0.717) is 17.9 Å². The molecule has 1 aliphatic heterocycles. The van der Waals surface area contributed by atoms with Crippen LogP contribution in [0.25, 0.3) is 0 Å². The van der Waals surface area contributed by atoms with Gasteiger partial charge in [0, 0.05) is 19.0 Å². The van der Waals surface area contributed by atoms with Crippen molar-refractivity contribution in [1.82, 2.24) is 4.90 Å². The van der Waals surface area contributed by atoms with Crippen molar-refractivity contribution < 1.29 is 4.79 Å². The van der Waals surface area contributed by atoms with Gasteiger partial charge in [-0.05, 0) is 38.0 Å². The zero-order valence-corrected chi connectivity index (χ0v) is 8.74. The van der Waals surface area contributed by atoms with Crippen LogP contribution in [0, 0.1) is 5.92 Å². The molecule has 2 aliphatic rings. The molecule has 0 atom stereocenters. The zero-order chi connectivity index (χ0) is 9.97. The van der Waals surface area contributed by atoms with Gasteiger partial charge in [-0.15, -0.1) is 6.58 Å². The Morgan fingerprint density at radius 1 is 1.29 bits per heavy atom. The first-order valence-corrected chi connectivity index (χ1v) is 5.73. The van der Waals surface area contributed by atoms with Crippen LogP contribution in [0.4, 0.5) is 0 Å². The van der Waals surface area contributed by atoms with Crippen molar-refractivity contribution in [2.75, 3.05) is 6.54 Å². The van der Waals surface area contributed by atoms with E-state index in [1.165, 1.54) is 25.7 Å². The first-order valence-electron chi connectivity index (χ1n) is 5.73. The van der Waals surface area contributed by atoms with E-state index in [9.17, 15) is 4.79 Å². The lowest BCUT2D eigenvalue weighted by molar-refractivity contribution is -0.130. The molecular formula is C12H19NO. The van der Waals surface area contributed by atoms with Crippen molar-refractivity contribution in [3.8, 4) is 0 Å². The standard InChI is InChI=1S/C12H19NO/c1-2-10-5-7-11(8-6-10)13-9-3-4-12(13)14/h2,10-11H,1,3-9H2. The number of carbonyl (C=O) groups excluding carboxylic acids is 1. The van der Waals surface area contributed by atoms with Gasteiger partial charge in [0.1, 0.15) is 0 Å². The number of amides is 1. The van der Waals surface area contributed by atoms with E-state index < -0.39 is 0 Å². The van der Waals surface area contributed by atoms with Crippen LogP contribution in [0.2, 0.25) is 0 Å². The Labute approximate surface area is 86.0 Å². The Bertz CT molecular complexity index is 228. The summed E-state index contributed by atoms with van der Waals surface area (Å²) in [5.74, 6) is 1.08. The van der Waals surface area contributed by atoms with E-state index in [2.05, 4.69) is 17.6 Å². The quantitative estimate of drug-likeness (QED) is 0.616. The molecule has 1 amide bonds. The largest absolute Gasteiger partial charge is 0.340 e. The molecule has 0 spiro atoms. The molecule has 78 valence electrons. The molecule has 0 aromatic rings. The van der Waals surface area contributed by atoms with Crippen LogP contribution in [-0.2, 0) is 4.79 Å². The summed E-state index contributed by atoms with van der Waals surface area (Å²) in [6.07, 6.45) is 8.73. The Hall–Kier alpha value is -0.790. The molecule has 1 aliphatic carbocycles. The van der Waals surface area contributed by atoms with Gasteiger partial charge in [0.15, 0.2) is 0 Å². The summed E-state index contributed by atoms with van der Waals surface area (Å²) in [6.45, 7) is 4.84. The molecule has 1 heterocycles. The predicted molar refractivity (Wildman–Crippen MR) is 56.9 cm³/mol. The van der Waals surface area contributed by atoms with E-state index in [-0.39, 0.29) is 0 Å². The van der Waals surface area contributed by atoms with Gasteiger partial charge in [0.05, 0.1) is 0 Å². The smallest absolute Gasteiger partial charge is 0.222 e. The second-order valence-corrected chi connectivity index (χ2v) is 4.49. The Morgan fingerprint density at radius 3 is 2.50 bits per heavy atom. The molecule has 0 aromatic carbocycles. The highest BCUT2D eigenvalue weighted by molar-refractivity contribution is 5.78. The fourth-order valence-electron chi connectivity index (χ4n) is 2.70. The van der Waals surface area contributed by atoms with Crippen LogP contribution in [0.1, 0.15) is 38.5 Å². The normalized spacial score (nSPS) is 33.4. The number of hydrogen-bond acceptors (Lipinski definition) is 1. The molecule has 2 nitrogen and oxygen atoms in total. The predicted octanol–water partition coefficient (Wildman–Crippen LogP) is 2.35. The van der Waals surface area contributed by atoms with Gasteiger partial charge in [0.2, 0.25) is 5.91 Å². The lowest BCUT2D eigenvalue weighted by atomic mass is 9.85. The van der Waals surface area contributed by atoms with Crippen molar-refractivity contribution in [2.45, 2.75) is 44.6 Å². The van der Waals surface area contributed by atoms with Crippen LogP contribution in [0.15, 0.2) is 12.7 Å². The fourth-order valence-corrected chi connectivity index (χ4v) is 2.70. The minimum atomic E-state index is 0.382. The summed E-state index contributed by atoms with van der Waals surface area (Å²) in [4.78, 5) is 13.6. The van der Waals surface area contributed by atoms with Gasteiger partial charge in [-0.1, -0.05) is 6.08 Å². The highest BCUT2D eigenvalue weighted by atomic mass is 16.2. The first kappa shape index (κ1) is 9.75. The first-order chi connectivity index (χ1) is 6.81. The highest BCUT2D eigenvalue weighted by Gasteiger charge is 2.30. The molecule has 0 unspecified atom stereocenters. The molecule has 1 saturated carbocycles. The number of allylic oxidation sites excluding steroid dienone is 1. The van der Waals surface area contributed by atoms with Crippen molar-refractivity contribution >= 4 is 5.91 Å². The van der Waals surface area contributed by atoms with Gasteiger partial charge in [-0.3, -0.25) is 4.79 Å². The van der Waals surface area contributed by atoms with E-state index in [4.69, 9.17) is 0 Å². The molecular weight excluding hydrogens is 174 g/mol. The monoisotopic (exact) mass is 193 g/mol. The third-order valence-electron chi connectivity index (χ3n) is 3.63. The SMILES string of the molecule is C=CC1CCC(N2CCCC2=O)CC1. The molecule has 0 radical (unpaired) electrons. The maximum atomic E-state index is 11.5. The topological polar surface area (TPSA) is 20.3 Å². The lowest BCUT2D eigenvalue weighted by Crippen LogP contribution is -2.38. The van der Waals surface area contributed by atoms with Crippen LogP contribution in [0.5, 0.6) is 0 Å². The maximum absolute atomic E-state index is 11.5. The average molecular weight is 193 g/mol. The minimum absolute atomic E-state index is 0.382. The molecule has 2 heteroatoms. The molecule has 0 bridgehead atoms. The van der Waals surface area contributed by atoms with Crippen LogP contribution >= 0.6 is 0 Å². The van der Waals surface area contributed by atoms with E-state index in [0.717, 1.165) is 19.4 Å². The van der Waals surface area contributed by atoms with E-state index in [1.54, 1.807) is 0 Å². The van der Waals surface area contributed by atoms with Crippen LogP contribution in [0.3, 0.4) is 0 Å². The van der Waals surface area contributed by atoms with Crippen molar-refractivity contribution in [3.63, 3.8) is 0 Å². The lowest BCUT2D eigenvalue weighted by Gasteiger charge is -2.33. The molecule has 2 fully saturated rings. The molecule has 0 aromatic heterocycles. The molecule has 14 heavy (non-hydrogen) atoms. The number of likely N-dealkylation sites (tertiary alicyclic amines) is 1.